The lowest BCUT2D eigenvalue weighted by molar-refractivity contribution is -0.384. The van der Waals surface area contributed by atoms with Gasteiger partial charge in [-0.25, -0.2) is 18.1 Å². The van der Waals surface area contributed by atoms with Gasteiger partial charge in [0.25, 0.3) is 21.6 Å². The molecule has 14 nitrogen and oxygen atoms in total. The SMILES string of the molecule is O=C(NS(=O)(=O)c1ccc(NCC2CCOCC2)c([N+](=O)[O-])c1)c1ccc(N2CCN(C3CCCCc4ccc(-c5ccccc5)cc43)CC2)cc1Oc1cnc2[nH]ccc2c1. The van der Waals surface area contributed by atoms with Crippen LogP contribution in [0.5, 0.6) is 11.5 Å². The molecule has 3 N–H and O–H groups in total. The predicted octanol–water partition coefficient (Wildman–Crippen LogP) is 8.48. The Bertz CT molecular complexity index is 2690. The average molecular weight is 856 g/mol. The van der Waals surface area contributed by atoms with E-state index in [0.29, 0.717) is 37.2 Å². The summed E-state index contributed by atoms with van der Waals surface area (Å²) in [4.78, 5) is 37.3. The average Bonchev–Trinajstić information content (AvgIpc) is 3.66. The Hall–Kier alpha value is -6.29. The highest BCUT2D eigenvalue weighted by molar-refractivity contribution is 7.90. The van der Waals surface area contributed by atoms with E-state index >= 15 is 0 Å². The van der Waals surface area contributed by atoms with Crippen molar-refractivity contribution < 1.29 is 27.6 Å². The summed E-state index contributed by atoms with van der Waals surface area (Å²) < 4.78 is 41.3. The summed E-state index contributed by atoms with van der Waals surface area (Å²) in [6.45, 7) is 4.88. The Kier molecular flexibility index (Phi) is 11.9. The van der Waals surface area contributed by atoms with Crippen molar-refractivity contribution in [2.24, 2.45) is 5.92 Å². The number of aromatic nitrogens is 2. The molecule has 2 saturated heterocycles. The zero-order valence-electron chi connectivity index (χ0n) is 34.3. The second-order valence-corrected chi connectivity index (χ2v) is 17.9. The number of sulfonamides is 1. The number of piperazine rings is 1. The molecule has 1 aliphatic carbocycles. The first-order valence-corrected chi connectivity index (χ1v) is 22.8. The number of carbonyl (C=O) groups is 1. The van der Waals surface area contributed by atoms with Crippen LogP contribution in [0.4, 0.5) is 17.1 Å². The maximum absolute atomic E-state index is 14.0. The first-order chi connectivity index (χ1) is 30.2. The number of nitro groups is 1. The molecule has 1 amide bonds. The van der Waals surface area contributed by atoms with Crippen LogP contribution >= 0.6 is 0 Å². The van der Waals surface area contributed by atoms with E-state index in [-0.39, 0.29) is 22.9 Å². The van der Waals surface area contributed by atoms with Crippen molar-refractivity contribution in [1.82, 2.24) is 19.6 Å². The van der Waals surface area contributed by atoms with Gasteiger partial charge < -0.3 is 24.7 Å². The minimum atomic E-state index is -4.55. The molecule has 0 saturated carbocycles. The number of ether oxygens (including phenoxy) is 2. The fourth-order valence-electron chi connectivity index (χ4n) is 8.92. The minimum Gasteiger partial charge on any atom is -0.455 e. The summed E-state index contributed by atoms with van der Waals surface area (Å²) in [5, 5.41) is 16.0. The van der Waals surface area contributed by atoms with E-state index in [1.165, 1.54) is 53.4 Å². The number of hydrogen-bond acceptors (Lipinski definition) is 11. The van der Waals surface area contributed by atoms with Crippen molar-refractivity contribution in [1.29, 1.82) is 0 Å². The van der Waals surface area contributed by atoms with Gasteiger partial charge in [-0.2, -0.15) is 0 Å². The Morgan fingerprint density at radius 1 is 0.903 bits per heavy atom. The highest BCUT2D eigenvalue weighted by Crippen LogP contribution is 2.38. The van der Waals surface area contributed by atoms with Gasteiger partial charge in [0.2, 0.25) is 0 Å². The van der Waals surface area contributed by atoms with Crippen LogP contribution in [0.1, 0.15) is 59.6 Å². The van der Waals surface area contributed by atoms with Crippen LogP contribution in [0.25, 0.3) is 22.2 Å². The summed E-state index contributed by atoms with van der Waals surface area (Å²) in [7, 11) is -4.55. The quantitative estimate of drug-likeness (QED) is 0.0613. The van der Waals surface area contributed by atoms with Crippen LogP contribution < -0.4 is 19.7 Å². The first kappa shape index (κ1) is 41.1. The molecule has 1 unspecified atom stereocenters. The second-order valence-electron chi connectivity index (χ2n) is 16.2. The number of benzene rings is 4. The zero-order valence-corrected chi connectivity index (χ0v) is 35.1. The van der Waals surface area contributed by atoms with E-state index in [0.717, 1.165) is 69.0 Å². The second kappa shape index (κ2) is 18.0. The number of H-pyrrole nitrogens is 1. The number of aryl methyl sites for hydroxylation is 1. The van der Waals surface area contributed by atoms with Gasteiger partial charge in [0.05, 0.1) is 21.6 Å². The van der Waals surface area contributed by atoms with E-state index in [1.54, 1.807) is 30.5 Å². The fraction of sp³-hybridized carbons (Fsp3) is 0.319. The topological polar surface area (TPSA) is 172 Å². The summed E-state index contributed by atoms with van der Waals surface area (Å²) in [5.74, 6) is -0.174. The first-order valence-electron chi connectivity index (χ1n) is 21.3. The molecule has 15 heteroatoms. The number of nitrogens with zero attached hydrogens (tertiary/aromatic N) is 4. The molecular weight excluding hydrogens is 807 g/mol. The highest BCUT2D eigenvalue weighted by Gasteiger charge is 2.30. The van der Waals surface area contributed by atoms with Crippen molar-refractivity contribution in [3.8, 4) is 22.6 Å². The van der Waals surface area contributed by atoms with Gasteiger partial charge in [-0.1, -0.05) is 48.9 Å². The van der Waals surface area contributed by atoms with Gasteiger partial charge >= 0.3 is 0 Å². The lowest BCUT2D eigenvalue weighted by atomic mass is 9.93. The summed E-state index contributed by atoms with van der Waals surface area (Å²) in [6, 6.07) is 30.1. The monoisotopic (exact) mass is 855 g/mol. The molecule has 0 radical (unpaired) electrons. The third kappa shape index (κ3) is 9.01. The molecule has 0 spiro atoms. The maximum atomic E-state index is 14.0. The molecule has 9 rings (SSSR count). The van der Waals surface area contributed by atoms with Gasteiger partial charge in [-0.15, -0.1) is 0 Å². The Morgan fingerprint density at radius 3 is 2.53 bits per heavy atom. The van der Waals surface area contributed by atoms with E-state index in [4.69, 9.17) is 9.47 Å². The number of nitro benzene ring substituents is 1. The molecule has 2 fully saturated rings. The molecular formula is C47H49N7O7S. The molecule has 0 bridgehead atoms. The number of anilines is 2. The van der Waals surface area contributed by atoms with Gasteiger partial charge in [0.1, 0.15) is 22.8 Å². The molecule has 2 aliphatic heterocycles. The lowest BCUT2D eigenvalue weighted by Crippen LogP contribution is -2.47. The van der Waals surface area contributed by atoms with E-state index in [2.05, 4.69) is 72.3 Å². The molecule has 62 heavy (non-hydrogen) atoms. The number of nitrogens with one attached hydrogen (secondary N) is 3. The van der Waals surface area contributed by atoms with Crippen molar-refractivity contribution in [3.63, 3.8) is 0 Å². The van der Waals surface area contributed by atoms with Crippen LogP contribution in [-0.4, -0.2) is 80.1 Å². The largest absolute Gasteiger partial charge is 0.455 e. The smallest absolute Gasteiger partial charge is 0.293 e. The Labute approximate surface area is 360 Å². The molecule has 320 valence electrons. The molecule has 3 aliphatic rings. The zero-order chi connectivity index (χ0) is 42.6. The number of rotatable bonds is 12. The van der Waals surface area contributed by atoms with Crippen LogP contribution in [-0.2, 0) is 21.2 Å². The number of fused-ring (bicyclic) bond motifs is 2. The third-order valence-electron chi connectivity index (χ3n) is 12.3. The van der Waals surface area contributed by atoms with Gasteiger partial charge in [-0.05, 0) is 103 Å². The summed E-state index contributed by atoms with van der Waals surface area (Å²) in [5.41, 5.74) is 6.54. The van der Waals surface area contributed by atoms with Crippen molar-refractivity contribution in [2.75, 3.05) is 56.2 Å². The number of aromatic amines is 1. The van der Waals surface area contributed by atoms with E-state index in [1.807, 2.05) is 12.1 Å². The van der Waals surface area contributed by atoms with Crippen molar-refractivity contribution >= 4 is 44.0 Å². The Morgan fingerprint density at radius 2 is 1.73 bits per heavy atom. The van der Waals surface area contributed by atoms with Crippen molar-refractivity contribution in [2.45, 2.75) is 49.5 Å². The molecule has 4 aromatic carbocycles. The number of carbonyl (C=O) groups excluding carboxylic acids is 1. The maximum Gasteiger partial charge on any atom is 0.293 e. The highest BCUT2D eigenvalue weighted by atomic mass is 32.2. The van der Waals surface area contributed by atoms with Crippen LogP contribution in [0.15, 0.2) is 114 Å². The molecule has 4 heterocycles. The van der Waals surface area contributed by atoms with Crippen LogP contribution in [0.2, 0.25) is 0 Å². The van der Waals surface area contributed by atoms with Gasteiger partial charge in [0, 0.05) is 81.4 Å². The lowest BCUT2D eigenvalue weighted by Gasteiger charge is -2.41. The number of amides is 1. The number of hydrogen-bond donors (Lipinski definition) is 3. The van der Waals surface area contributed by atoms with Crippen LogP contribution in [0, 0.1) is 16.0 Å². The third-order valence-corrected chi connectivity index (χ3v) is 13.7. The standard InChI is InChI=1S/C47H49N7O7S/c55-47(51-62(58,59)39-13-15-42(44(29-39)54(56)57)49-30-32-17-24-60-25-18-32)40-14-12-37(28-45(40)61-38-26-36-16-19-48-46(36)50-31-38)52-20-22-53(23-21-52)43-9-5-4-8-34-10-11-35(27-41(34)43)33-6-2-1-3-7-33/h1-3,6-7,10-16,19,26-29,31-32,43,49H,4-5,8-9,17-18,20-25,30H2,(H,48,50)(H,51,55). The summed E-state index contributed by atoms with van der Waals surface area (Å²) in [6.07, 6.45) is 9.47. The summed E-state index contributed by atoms with van der Waals surface area (Å²) >= 11 is 0. The van der Waals surface area contributed by atoms with Crippen LogP contribution in [0.3, 0.4) is 0 Å². The minimum absolute atomic E-state index is 0.0290. The molecule has 2 aromatic heterocycles. The normalized spacial score (nSPS) is 17.5. The number of pyridine rings is 1. The molecule has 1 atom stereocenters. The van der Waals surface area contributed by atoms with Gasteiger partial charge in [0.15, 0.2) is 0 Å². The molecule has 6 aromatic rings. The fourth-order valence-corrected chi connectivity index (χ4v) is 9.91. The van der Waals surface area contributed by atoms with Crippen molar-refractivity contribution in [3.05, 3.63) is 136 Å². The van der Waals surface area contributed by atoms with Gasteiger partial charge in [-0.3, -0.25) is 19.8 Å². The Balaban J connectivity index is 0.946. The van der Waals surface area contributed by atoms with E-state index < -0.39 is 31.4 Å². The van der Waals surface area contributed by atoms with E-state index in [9.17, 15) is 23.3 Å². The predicted molar refractivity (Wildman–Crippen MR) is 238 cm³/mol.